The summed E-state index contributed by atoms with van der Waals surface area (Å²) >= 11 is 0. The molecular formula is C16H23N5. The molecule has 112 valence electrons. The van der Waals surface area contributed by atoms with Gasteiger partial charge < -0.3 is 10.3 Å². The SMILES string of the molecule is CC(CN)(CCc1ccccc1)N1CCn2cnnc2C1. The van der Waals surface area contributed by atoms with E-state index in [-0.39, 0.29) is 5.54 Å². The van der Waals surface area contributed by atoms with Crippen molar-refractivity contribution in [3.8, 4) is 0 Å². The van der Waals surface area contributed by atoms with Crippen molar-refractivity contribution in [2.75, 3.05) is 13.1 Å². The van der Waals surface area contributed by atoms with Gasteiger partial charge in [-0.3, -0.25) is 4.90 Å². The van der Waals surface area contributed by atoms with Crippen LogP contribution in [0.15, 0.2) is 36.7 Å². The van der Waals surface area contributed by atoms with Gasteiger partial charge in [-0.05, 0) is 25.3 Å². The highest BCUT2D eigenvalue weighted by Gasteiger charge is 2.33. The minimum atomic E-state index is 0.00699. The van der Waals surface area contributed by atoms with Gasteiger partial charge in [0.05, 0.1) is 6.54 Å². The van der Waals surface area contributed by atoms with Crippen molar-refractivity contribution >= 4 is 0 Å². The highest BCUT2D eigenvalue weighted by Crippen LogP contribution is 2.25. The van der Waals surface area contributed by atoms with E-state index in [1.54, 1.807) is 0 Å². The minimum Gasteiger partial charge on any atom is -0.329 e. The molecule has 1 aromatic carbocycles. The zero-order valence-corrected chi connectivity index (χ0v) is 12.6. The second kappa shape index (κ2) is 5.95. The van der Waals surface area contributed by atoms with Crippen molar-refractivity contribution in [1.29, 1.82) is 0 Å². The summed E-state index contributed by atoms with van der Waals surface area (Å²) in [5.74, 6) is 1.04. The Morgan fingerprint density at radius 2 is 2.05 bits per heavy atom. The van der Waals surface area contributed by atoms with Gasteiger partial charge in [0.1, 0.15) is 12.2 Å². The molecule has 1 aliphatic rings. The minimum absolute atomic E-state index is 0.00699. The third-order valence-corrected chi connectivity index (χ3v) is 4.64. The van der Waals surface area contributed by atoms with Gasteiger partial charge in [-0.15, -0.1) is 10.2 Å². The smallest absolute Gasteiger partial charge is 0.147 e. The highest BCUT2D eigenvalue weighted by atomic mass is 15.3. The first-order valence-electron chi connectivity index (χ1n) is 7.57. The zero-order chi connectivity index (χ0) is 14.7. The fraction of sp³-hybridized carbons (Fsp3) is 0.500. The molecule has 1 aliphatic heterocycles. The van der Waals surface area contributed by atoms with Crippen molar-refractivity contribution in [2.24, 2.45) is 5.73 Å². The molecule has 1 atom stereocenters. The van der Waals surface area contributed by atoms with Crippen LogP contribution in [0.2, 0.25) is 0 Å². The Morgan fingerprint density at radius 3 is 2.81 bits per heavy atom. The summed E-state index contributed by atoms with van der Waals surface area (Å²) < 4.78 is 2.13. The van der Waals surface area contributed by atoms with Gasteiger partial charge >= 0.3 is 0 Å². The third kappa shape index (κ3) is 2.99. The monoisotopic (exact) mass is 285 g/mol. The lowest BCUT2D eigenvalue weighted by molar-refractivity contribution is 0.0702. The summed E-state index contributed by atoms with van der Waals surface area (Å²) in [5, 5.41) is 8.20. The second-order valence-electron chi connectivity index (χ2n) is 6.05. The summed E-state index contributed by atoms with van der Waals surface area (Å²) in [6, 6.07) is 10.6. The lowest BCUT2D eigenvalue weighted by atomic mass is 9.90. The highest BCUT2D eigenvalue weighted by molar-refractivity contribution is 5.15. The number of aromatic nitrogens is 3. The van der Waals surface area contributed by atoms with E-state index in [9.17, 15) is 0 Å². The number of benzene rings is 1. The second-order valence-corrected chi connectivity index (χ2v) is 6.05. The Labute approximate surface area is 125 Å². The Bertz CT molecular complexity index is 579. The molecule has 0 amide bonds. The standard InChI is InChI=1S/C16H23N5/c1-16(12-17,8-7-14-5-3-2-4-6-14)21-10-9-20-13-18-19-15(20)11-21/h2-6,13H,7-12,17H2,1H3. The zero-order valence-electron chi connectivity index (χ0n) is 12.6. The topological polar surface area (TPSA) is 60.0 Å². The Balaban J connectivity index is 1.68. The average molecular weight is 285 g/mol. The van der Waals surface area contributed by atoms with Crippen LogP contribution in [0.1, 0.15) is 24.7 Å². The fourth-order valence-electron chi connectivity index (χ4n) is 2.97. The van der Waals surface area contributed by atoms with Crippen LogP contribution in [0.4, 0.5) is 0 Å². The lowest BCUT2D eigenvalue weighted by Crippen LogP contribution is -2.54. The van der Waals surface area contributed by atoms with Crippen LogP contribution in [0.5, 0.6) is 0 Å². The molecule has 0 spiro atoms. The maximum Gasteiger partial charge on any atom is 0.147 e. The van der Waals surface area contributed by atoms with Crippen LogP contribution in [0, 0.1) is 0 Å². The summed E-state index contributed by atoms with van der Waals surface area (Å²) in [6.45, 7) is 5.72. The van der Waals surface area contributed by atoms with Gasteiger partial charge in [-0.2, -0.15) is 0 Å². The molecule has 3 rings (SSSR count). The Morgan fingerprint density at radius 1 is 1.24 bits per heavy atom. The van der Waals surface area contributed by atoms with Crippen LogP contribution in [-0.4, -0.2) is 38.3 Å². The van der Waals surface area contributed by atoms with Crippen molar-refractivity contribution < 1.29 is 0 Å². The molecule has 0 bridgehead atoms. The molecule has 2 aromatic rings. The van der Waals surface area contributed by atoms with Gasteiger partial charge in [0, 0.05) is 25.2 Å². The van der Waals surface area contributed by atoms with E-state index in [2.05, 4.69) is 56.9 Å². The Kier molecular flexibility index (Phi) is 4.03. The normalized spacial score (nSPS) is 18.2. The van der Waals surface area contributed by atoms with Crippen molar-refractivity contribution in [2.45, 2.75) is 38.4 Å². The average Bonchev–Trinajstić information content (AvgIpc) is 3.01. The first-order valence-corrected chi connectivity index (χ1v) is 7.57. The van der Waals surface area contributed by atoms with Gasteiger partial charge in [-0.1, -0.05) is 30.3 Å². The summed E-state index contributed by atoms with van der Waals surface area (Å²) in [7, 11) is 0. The molecule has 0 saturated carbocycles. The molecule has 5 heteroatoms. The van der Waals surface area contributed by atoms with Crippen LogP contribution in [0.25, 0.3) is 0 Å². The third-order valence-electron chi connectivity index (χ3n) is 4.64. The van der Waals surface area contributed by atoms with E-state index < -0.39 is 0 Å². The number of hydrogen-bond acceptors (Lipinski definition) is 4. The summed E-state index contributed by atoms with van der Waals surface area (Å²) in [4.78, 5) is 2.46. The molecule has 1 unspecified atom stereocenters. The molecular weight excluding hydrogens is 262 g/mol. The van der Waals surface area contributed by atoms with E-state index in [0.717, 1.165) is 38.3 Å². The molecule has 0 saturated heterocycles. The summed E-state index contributed by atoms with van der Waals surface area (Å²) in [6.07, 6.45) is 3.93. The number of rotatable bonds is 5. The number of nitrogens with zero attached hydrogens (tertiary/aromatic N) is 4. The van der Waals surface area contributed by atoms with E-state index >= 15 is 0 Å². The van der Waals surface area contributed by atoms with Crippen molar-refractivity contribution in [1.82, 2.24) is 19.7 Å². The first-order chi connectivity index (χ1) is 10.2. The van der Waals surface area contributed by atoms with Crippen molar-refractivity contribution in [3.05, 3.63) is 48.0 Å². The van der Waals surface area contributed by atoms with Crippen LogP contribution < -0.4 is 5.73 Å². The first kappa shape index (κ1) is 14.2. The van der Waals surface area contributed by atoms with Crippen LogP contribution in [0.3, 0.4) is 0 Å². The lowest BCUT2D eigenvalue weighted by Gasteiger charge is -2.42. The van der Waals surface area contributed by atoms with Gasteiger partial charge in [0.15, 0.2) is 0 Å². The predicted molar refractivity (Wildman–Crippen MR) is 82.7 cm³/mol. The molecule has 2 heterocycles. The largest absolute Gasteiger partial charge is 0.329 e. The maximum absolute atomic E-state index is 6.11. The van der Waals surface area contributed by atoms with Gasteiger partial charge in [-0.25, -0.2) is 0 Å². The van der Waals surface area contributed by atoms with E-state index in [4.69, 9.17) is 5.73 Å². The van der Waals surface area contributed by atoms with Crippen molar-refractivity contribution in [3.63, 3.8) is 0 Å². The molecule has 0 aliphatic carbocycles. The number of fused-ring (bicyclic) bond motifs is 1. The number of nitrogens with two attached hydrogens (primary N) is 1. The van der Waals surface area contributed by atoms with E-state index in [1.165, 1.54) is 5.56 Å². The van der Waals surface area contributed by atoms with Gasteiger partial charge in [0.25, 0.3) is 0 Å². The van der Waals surface area contributed by atoms with Crippen LogP contribution >= 0.6 is 0 Å². The molecule has 1 aromatic heterocycles. The van der Waals surface area contributed by atoms with E-state index in [1.807, 2.05) is 6.33 Å². The molecule has 2 N–H and O–H groups in total. The summed E-state index contributed by atoms with van der Waals surface area (Å²) in [5.41, 5.74) is 7.49. The van der Waals surface area contributed by atoms with Gasteiger partial charge in [0.2, 0.25) is 0 Å². The maximum atomic E-state index is 6.11. The van der Waals surface area contributed by atoms with Crippen LogP contribution in [-0.2, 0) is 19.5 Å². The fourth-order valence-corrected chi connectivity index (χ4v) is 2.97. The molecule has 0 fully saturated rings. The van der Waals surface area contributed by atoms with E-state index in [0.29, 0.717) is 6.54 Å². The molecule has 5 nitrogen and oxygen atoms in total. The molecule has 0 radical (unpaired) electrons. The predicted octanol–water partition coefficient (Wildman–Crippen LogP) is 1.44. The molecule has 21 heavy (non-hydrogen) atoms. The quantitative estimate of drug-likeness (QED) is 0.903. The number of hydrogen-bond donors (Lipinski definition) is 1. The Hall–Kier alpha value is -1.72. The number of aryl methyl sites for hydroxylation is 1.